The molecule has 1 nitrogen and oxygen atoms in total. The van der Waals surface area contributed by atoms with Gasteiger partial charge in [0.05, 0.1) is 11.1 Å². The number of thiophene rings is 1. The third kappa shape index (κ3) is 5.35. The maximum Gasteiger partial charge on any atom is 0.0726 e. The van der Waals surface area contributed by atoms with E-state index in [2.05, 4.69) is 241 Å². The molecule has 0 radical (unpaired) electrons. The standard InChI is InChI=1S/C61H39NS/c1-3-16-40(17-4-1)43-32-37-58(53(38-43)41-18-5-2-6-19-41)62(44-33-30-42(31-34-44)46-24-15-25-52-51-23-10-14-29-59(51)63-60(46)52)45-35-36-50-49-22-9-13-28-56(49)61(57(50)39-45)54-26-11-7-20-47(54)48-21-8-12-27-55(48)61/h1-39H. The number of anilines is 3. The van der Waals surface area contributed by atoms with Crippen molar-refractivity contribution in [3.63, 3.8) is 0 Å². The van der Waals surface area contributed by atoms with Crippen LogP contribution in [0.1, 0.15) is 22.3 Å². The molecule has 0 saturated carbocycles. The van der Waals surface area contributed by atoms with Gasteiger partial charge in [0, 0.05) is 37.1 Å². The number of hydrogen-bond acceptors (Lipinski definition) is 2. The van der Waals surface area contributed by atoms with Crippen LogP contribution in [0, 0.1) is 0 Å². The summed E-state index contributed by atoms with van der Waals surface area (Å²) in [6, 6.07) is 87.8. The van der Waals surface area contributed by atoms with Crippen molar-refractivity contribution in [1.82, 2.24) is 0 Å². The molecule has 2 aliphatic rings. The molecule has 11 aromatic rings. The fraction of sp³-hybridized carbons (Fsp3) is 0.0164. The van der Waals surface area contributed by atoms with Gasteiger partial charge in [-0.05, 0) is 115 Å². The van der Waals surface area contributed by atoms with Crippen molar-refractivity contribution in [2.45, 2.75) is 5.41 Å². The first-order valence-corrected chi connectivity index (χ1v) is 22.6. The molecule has 1 aromatic heterocycles. The van der Waals surface area contributed by atoms with Crippen LogP contribution >= 0.6 is 11.3 Å². The number of fused-ring (bicyclic) bond motifs is 13. The van der Waals surface area contributed by atoms with E-state index in [1.807, 2.05) is 11.3 Å². The molecule has 2 heteroatoms. The molecule has 0 amide bonds. The van der Waals surface area contributed by atoms with Gasteiger partial charge in [-0.1, -0.05) is 194 Å². The Morgan fingerprint density at radius 1 is 0.302 bits per heavy atom. The summed E-state index contributed by atoms with van der Waals surface area (Å²) in [5.74, 6) is 0. The first-order valence-electron chi connectivity index (χ1n) is 21.8. The highest BCUT2D eigenvalue weighted by Crippen LogP contribution is 2.63. The van der Waals surface area contributed by atoms with Gasteiger partial charge < -0.3 is 4.90 Å². The third-order valence-corrected chi connectivity index (χ3v) is 14.7. The topological polar surface area (TPSA) is 3.24 Å². The molecular formula is C61H39NS. The number of benzene rings is 10. The Morgan fingerprint density at radius 3 is 1.49 bits per heavy atom. The van der Waals surface area contributed by atoms with E-state index in [0.29, 0.717) is 0 Å². The largest absolute Gasteiger partial charge is 0.310 e. The molecule has 13 rings (SSSR count). The Bertz CT molecular complexity index is 3500. The molecule has 294 valence electrons. The summed E-state index contributed by atoms with van der Waals surface area (Å²) >= 11 is 1.88. The first kappa shape index (κ1) is 35.9. The lowest BCUT2D eigenvalue weighted by Gasteiger charge is -2.33. The summed E-state index contributed by atoms with van der Waals surface area (Å²) in [6.45, 7) is 0. The van der Waals surface area contributed by atoms with Crippen LogP contribution in [0.5, 0.6) is 0 Å². The van der Waals surface area contributed by atoms with Crippen molar-refractivity contribution in [2.75, 3.05) is 4.90 Å². The molecule has 63 heavy (non-hydrogen) atoms. The lowest BCUT2D eigenvalue weighted by Crippen LogP contribution is -2.26. The van der Waals surface area contributed by atoms with Crippen LogP contribution in [0.4, 0.5) is 17.1 Å². The van der Waals surface area contributed by atoms with Gasteiger partial charge in [0.1, 0.15) is 0 Å². The van der Waals surface area contributed by atoms with Gasteiger partial charge in [0.2, 0.25) is 0 Å². The minimum Gasteiger partial charge on any atom is -0.310 e. The summed E-state index contributed by atoms with van der Waals surface area (Å²) in [5.41, 5.74) is 20.7. The predicted octanol–water partition coefficient (Wildman–Crippen LogP) is 16.9. The fourth-order valence-electron chi connectivity index (χ4n) is 10.8. The Kier molecular flexibility index (Phi) is 8.06. The van der Waals surface area contributed by atoms with E-state index in [1.54, 1.807) is 0 Å². The maximum absolute atomic E-state index is 2.50. The van der Waals surface area contributed by atoms with Crippen molar-refractivity contribution in [3.05, 3.63) is 259 Å². The van der Waals surface area contributed by atoms with Crippen LogP contribution in [0.2, 0.25) is 0 Å². The van der Waals surface area contributed by atoms with Gasteiger partial charge >= 0.3 is 0 Å². The summed E-state index contributed by atoms with van der Waals surface area (Å²) in [7, 11) is 0. The van der Waals surface area contributed by atoms with E-state index in [1.165, 1.54) is 98.1 Å². The fourth-order valence-corrected chi connectivity index (χ4v) is 12.0. The number of rotatable bonds is 6. The minimum absolute atomic E-state index is 0.451. The second-order valence-corrected chi connectivity index (χ2v) is 17.8. The highest BCUT2D eigenvalue weighted by molar-refractivity contribution is 7.26. The van der Waals surface area contributed by atoms with E-state index in [-0.39, 0.29) is 0 Å². The van der Waals surface area contributed by atoms with Crippen LogP contribution in [0.3, 0.4) is 0 Å². The summed E-state index contributed by atoms with van der Waals surface area (Å²) in [6.07, 6.45) is 0. The van der Waals surface area contributed by atoms with Crippen LogP contribution < -0.4 is 4.90 Å². The molecule has 0 fully saturated rings. The molecule has 0 unspecified atom stereocenters. The lowest BCUT2D eigenvalue weighted by atomic mass is 9.70. The lowest BCUT2D eigenvalue weighted by molar-refractivity contribution is 0.793. The van der Waals surface area contributed by atoms with Crippen molar-refractivity contribution in [3.8, 4) is 55.6 Å². The van der Waals surface area contributed by atoms with Gasteiger partial charge in [-0.3, -0.25) is 0 Å². The van der Waals surface area contributed by atoms with E-state index >= 15 is 0 Å². The van der Waals surface area contributed by atoms with Gasteiger partial charge in [-0.25, -0.2) is 0 Å². The van der Waals surface area contributed by atoms with Crippen LogP contribution in [-0.4, -0.2) is 0 Å². The summed E-state index contributed by atoms with van der Waals surface area (Å²) in [5, 5.41) is 2.63. The van der Waals surface area contributed by atoms with Crippen LogP contribution in [0.15, 0.2) is 237 Å². The highest BCUT2D eigenvalue weighted by atomic mass is 32.1. The Labute approximate surface area is 371 Å². The molecule has 0 atom stereocenters. The molecule has 1 spiro atoms. The molecule has 0 bridgehead atoms. The summed E-state index contributed by atoms with van der Waals surface area (Å²) < 4.78 is 2.64. The summed E-state index contributed by atoms with van der Waals surface area (Å²) in [4.78, 5) is 2.49. The van der Waals surface area contributed by atoms with Crippen molar-refractivity contribution < 1.29 is 0 Å². The monoisotopic (exact) mass is 817 g/mol. The minimum atomic E-state index is -0.451. The first-order chi connectivity index (χ1) is 31.3. The molecule has 0 N–H and O–H groups in total. The van der Waals surface area contributed by atoms with E-state index in [0.717, 1.165) is 17.1 Å². The third-order valence-electron chi connectivity index (χ3n) is 13.5. The number of nitrogens with zero attached hydrogens (tertiary/aromatic N) is 1. The van der Waals surface area contributed by atoms with E-state index in [4.69, 9.17) is 0 Å². The highest BCUT2D eigenvalue weighted by Gasteiger charge is 2.51. The van der Waals surface area contributed by atoms with Crippen molar-refractivity contribution in [1.29, 1.82) is 0 Å². The normalized spacial score (nSPS) is 12.9. The Hall–Kier alpha value is -7.78. The second kappa shape index (κ2) is 14.1. The average Bonchev–Trinajstić information content (AvgIpc) is 3.99. The van der Waals surface area contributed by atoms with Gasteiger partial charge in [-0.2, -0.15) is 0 Å². The van der Waals surface area contributed by atoms with Gasteiger partial charge in [0.25, 0.3) is 0 Å². The van der Waals surface area contributed by atoms with Gasteiger partial charge in [-0.15, -0.1) is 11.3 Å². The van der Waals surface area contributed by atoms with Gasteiger partial charge in [0.15, 0.2) is 0 Å². The molecule has 2 aliphatic carbocycles. The van der Waals surface area contributed by atoms with E-state index in [9.17, 15) is 0 Å². The Balaban J connectivity index is 1.05. The van der Waals surface area contributed by atoms with Crippen LogP contribution in [0.25, 0.3) is 75.8 Å². The molecule has 1 heterocycles. The second-order valence-electron chi connectivity index (χ2n) is 16.7. The smallest absolute Gasteiger partial charge is 0.0726 e. The Morgan fingerprint density at radius 2 is 0.810 bits per heavy atom. The molecule has 10 aromatic carbocycles. The molecule has 0 aliphatic heterocycles. The number of hydrogen-bond donors (Lipinski definition) is 0. The van der Waals surface area contributed by atoms with Crippen molar-refractivity contribution in [2.24, 2.45) is 0 Å². The van der Waals surface area contributed by atoms with E-state index < -0.39 is 5.41 Å². The zero-order valence-electron chi connectivity index (χ0n) is 34.4. The maximum atomic E-state index is 2.50. The molecular weight excluding hydrogens is 779 g/mol. The zero-order valence-corrected chi connectivity index (χ0v) is 35.2. The molecule has 0 saturated heterocycles. The average molecular weight is 818 g/mol. The predicted molar refractivity (Wildman–Crippen MR) is 267 cm³/mol. The van der Waals surface area contributed by atoms with Crippen LogP contribution in [-0.2, 0) is 5.41 Å². The van der Waals surface area contributed by atoms with Crippen molar-refractivity contribution >= 4 is 48.6 Å². The quantitative estimate of drug-likeness (QED) is 0.162. The SMILES string of the molecule is c1ccc(-c2ccc(N(c3ccc(-c4cccc5c4sc4ccccc45)cc3)c3ccc4c(c3)C3(c5ccccc5-c5ccccc53)c3ccccc3-4)c(-c3ccccc3)c2)cc1. The zero-order chi connectivity index (χ0) is 41.5.